The molecular weight excluding hydrogens is 442 g/mol. The van der Waals surface area contributed by atoms with Gasteiger partial charge in [-0.15, -0.1) is 0 Å². The van der Waals surface area contributed by atoms with Crippen LogP contribution in [0.15, 0.2) is 59.2 Å². The Morgan fingerprint density at radius 2 is 2.00 bits per heavy atom. The predicted molar refractivity (Wildman–Crippen MR) is 114 cm³/mol. The summed E-state index contributed by atoms with van der Waals surface area (Å²) in [6.45, 7) is 3.46. The van der Waals surface area contributed by atoms with Crippen molar-refractivity contribution in [3.05, 3.63) is 81.0 Å². The van der Waals surface area contributed by atoms with Gasteiger partial charge in [-0.1, -0.05) is 39.7 Å². The molecule has 1 amide bonds. The fourth-order valence-corrected chi connectivity index (χ4v) is 3.19. The molecule has 0 saturated carbocycles. The molecule has 5 nitrogen and oxygen atoms in total. The lowest BCUT2D eigenvalue weighted by molar-refractivity contribution is 0.0783. The fraction of sp³-hybridized carbons (Fsp3) is 0.238. The van der Waals surface area contributed by atoms with Crippen LogP contribution < -0.4 is 4.74 Å². The Morgan fingerprint density at radius 3 is 2.68 bits per heavy atom. The summed E-state index contributed by atoms with van der Waals surface area (Å²) in [5, 5.41) is 4.97. The van der Waals surface area contributed by atoms with Crippen molar-refractivity contribution < 1.29 is 9.53 Å². The second kappa shape index (κ2) is 9.26. The largest absolute Gasteiger partial charge is 0.489 e. The molecular formula is C21H21BrClN3O2. The van der Waals surface area contributed by atoms with Gasteiger partial charge in [-0.25, -0.2) is 0 Å². The van der Waals surface area contributed by atoms with Gasteiger partial charge in [0, 0.05) is 29.8 Å². The number of nitrogens with zero attached hydrogens (tertiary/aromatic N) is 3. The summed E-state index contributed by atoms with van der Waals surface area (Å²) >= 11 is 9.61. The van der Waals surface area contributed by atoms with E-state index in [0.717, 1.165) is 22.3 Å². The molecule has 1 aromatic heterocycles. The number of amides is 1. The summed E-state index contributed by atoms with van der Waals surface area (Å²) in [6, 6.07) is 15.1. The van der Waals surface area contributed by atoms with Crippen LogP contribution in [0, 0.1) is 0 Å². The second-order valence-electron chi connectivity index (χ2n) is 6.38. The molecule has 0 aliphatic heterocycles. The number of aromatic nitrogens is 2. The van der Waals surface area contributed by atoms with Crippen molar-refractivity contribution in [2.45, 2.75) is 26.6 Å². The lowest BCUT2D eigenvalue weighted by Gasteiger charge is -2.17. The molecule has 28 heavy (non-hydrogen) atoms. The first-order valence-corrected chi connectivity index (χ1v) is 10.1. The minimum atomic E-state index is -0.0902. The van der Waals surface area contributed by atoms with Crippen LogP contribution in [-0.4, -0.2) is 27.6 Å². The number of rotatable bonds is 7. The number of hydrogen-bond donors (Lipinski definition) is 0. The summed E-state index contributed by atoms with van der Waals surface area (Å²) in [5.74, 6) is 0.686. The molecule has 0 N–H and O–H groups in total. The maximum absolute atomic E-state index is 12.8. The monoisotopic (exact) mass is 461 g/mol. The minimum Gasteiger partial charge on any atom is -0.489 e. The SMILES string of the molecule is CCn1cc(Cl)c(CN(C)C(=O)c2cccc(COc3ccc(Br)cc3)c2)n1. The molecule has 0 radical (unpaired) electrons. The molecule has 0 bridgehead atoms. The van der Waals surface area contributed by atoms with E-state index >= 15 is 0 Å². The van der Waals surface area contributed by atoms with E-state index < -0.39 is 0 Å². The van der Waals surface area contributed by atoms with Gasteiger partial charge < -0.3 is 9.64 Å². The predicted octanol–water partition coefficient (Wildman–Crippen LogP) is 5.17. The van der Waals surface area contributed by atoms with Crippen LogP contribution >= 0.6 is 27.5 Å². The van der Waals surface area contributed by atoms with E-state index in [0.29, 0.717) is 29.4 Å². The average molecular weight is 463 g/mol. The Morgan fingerprint density at radius 1 is 1.25 bits per heavy atom. The molecule has 0 unspecified atom stereocenters. The van der Waals surface area contributed by atoms with Crippen molar-refractivity contribution in [2.75, 3.05) is 7.05 Å². The van der Waals surface area contributed by atoms with Crippen LogP contribution in [0.2, 0.25) is 5.02 Å². The number of carbonyl (C=O) groups excluding carboxylic acids is 1. The van der Waals surface area contributed by atoms with Crippen LogP contribution in [-0.2, 0) is 19.7 Å². The summed E-state index contributed by atoms with van der Waals surface area (Å²) < 4.78 is 8.55. The molecule has 0 spiro atoms. The van der Waals surface area contributed by atoms with Crippen molar-refractivity contribution >= 4 is 33.4 Å². The Balaban J connectivity index is 1.65. The summed E-state index contributed by atoms with van der Waals surface area (Å²) in [5.41, 5.74) is 2.22. The van der Waals surface area contributed by atoms with E-state index in [4.69, 9.17) is 16.3 Å². The van der Waals surface area contributed by atoms with E-state index in [2.05, 4.69) is 21.0 Å². The highest BCUT2D eigenvalue weighted by Crippen LogP contribution is 2.19. The molecule has 7 heteroatoms. The number of benzene rings is 2. The molecule has 146 valence electrons. The first-order chi connectivity index (χ1) is 13.5. The lowest BCUT2D eigenvalue weighted by atomic mass is 10.1. The quantitative estimate of drug-likeness (QED) is 0.487. The van der Waals surface area contributed by atoms with Gasteiger partial charge in [-0.2, -0.15) is 5.10 Å². The third-order valence-corrected chi connectivity index (χ3v) is 5.08. The van der Waals surface area contributed by atoms with Gasteiger partial charge in [0.1, 0.15) is 18.1 Å². The van der Waals surface area contributed by atoms with Crippen molar-refractivity contribution in [3.8, 4) is 5.75 Å². The van der Waals surface area contributed by atoms with Crippen LogP contribution in [0.3, 0.4) is 0 Å². The standard InChI is InChI=1S/C21H21BrClN3O2/c1-3-26-12-19(23)20(24-26)13-25(2)21(27)16-6-4-5-15(11-16)14-28-18-9-7-17(22)8-10-18/h4-12H,3,13-14H2,1-2H3. The Bertz CT molecular complexity index is 957. The number of aryl methyl sites for hydroxylation is 1. The number of carbonyl (C=O) groups is 1. The van der Waals surface area contributed by atoms with Crippen molar-refractivity contribution in [3.63, 3.8) is 0 Å². The van der Waals surface area contributed by atoms with Crippen molar-refractivity contribution in [1.29, 1.82) is 0 Å². The van der Waals surface area contributed by atoms with E-state index in [1.165, 1.54) is 0 Å². The zero-order valence-corrected chi connectivity index (χ0v) is 18.1. The number of ether oxygens (including phenoxy) is 1. The molecule has 3 rings (SSSR count). The van der Waals surface area contributed by atoms with Crippen LogP contribution in [0.4, 0.5) is 0 Å². The molecule has 0 aliphatic rings. The molecule has 0 fully saturated rings. The highest BCUT2D eigenvalue weighted by molar-refractivity contribution is 9.10. The zero-order valence-electron chi connectivity index (χ0n) is 15.7. The maximum Gasteiger partial charge on any atom is 0.253 e. The van der Waals surface area contributed by atoms with E-state index in [-0.39, 0.29) is 5.91 Å². The summed E-state index contributed by atoms with van der Waals surface area (Å²) in [4.78, 5) is 14.4. The minimum absolute atomic E-state index is 0.0902. The van der Waals surface area contributed by atoms with E-state index in [9.17, 15) is 4.79 Å². The molecule has 0 aliphatic carbocycles. The Kier molecular flexibility index (Phi) is 6.75. The third-order valence-electron chi connectivity index (χ3n) is 4.24. The van der Waals surface area contributed by atoms with Gasteiger partial charge >= 0.3 is 0 Å². The first-order valence-electron chi connectivity index (χ1n) is 8.91. The summed E-state index contributed by atoms with van der Waals surface area (Å²) in [7, 11) is 1.74. The maximum atomic E-state index is 12.8. The Labute approximate surface area is 178 Å². The van der Waals surface area contributed by atoms with Crippen LogP contribution in [0.5, 0.6) is 5.75 Å². The van der Waals surface area contributed by atoms with Gasteiger partial charge in [0.25, 0.3) is 5.91 Å². The van der Waals surface area contributed by atoms with Gasteiger partial charge in [0.05, 0.1) is 11.6 Å². The molecule has 2 aromatic carbocycles. The molecule has 3 aromatic rings. The van der Waals surface area contributed by atoms with Crippen molar-refractivity contribution in [2.24, 2.45) is 0 Å². The number of hydrogen-bond acceptors (Lipinski definition) is 3. The molecule has 0 atom stereocenters. The summed E-state index contributed by atoms with van der Waals surface area (Å²) in [6.07, 6.45) is 1.77. The van der Waals surface area contributed by atoms with Gasteiger partial charge in [-0.3, -0.25) is 9.48 Å². The first kappa shape index (κ1) is 20.4. The normalized spacial score (nSPS) is 10.7. The van der Waals surface area contributed by atoms with E-state index in [1.54, 1.807) is 28.9 Å². The highest BCUT2D eigenvalue weighted by Gasteiger charge is 2.16. The lowest BCUT2D eigenvalue weighted by Crippen LogP contribution is -2.26. The Hall–Kier alpha value is -2.31. The van der Waals surface area contributed by atoms with E-state index in [1.807, 2.05) is 49.4 Å². The fourth-order valence-electron chi connectivity index (χ4n) is 2.71. The molecule has 1 heterocycles. The third kappa shape index (κ3) is 5.14. The van der Waals surface area contributed by atoms with Gasteiger partial charge in [0.15, 0.2) is 0 Å². The smallest absolute Gasteiger partial charge is 0.253 e. The van der Waals surface area contributed by atoms with Crippen LogP contribution in [0.1, 0.15) is 28.5 Å². The average Bonchev–Trinajstić information content (AvgIpc) is 3.06. The topological polar surface area (TPSA) is 47.4 Å². The second-order valence-corrected chi connectivity index (χ2v) is 7.71. The van der Waals surface area contributed by atoms with Gasteiger partial charge in [0.2, 0.25) is 0 Å². The zero-order chi connectivity index (χ0) is 20.1. The highest BCUT2D eigenvalue weighted by atomic mass is 79.9. The molecule has 0 saturated heterocycles. The van der Waals surface area contributed by atoms with Crippen LogP contribution in [0.25, 0.3) is 0 Å². The van der Waals surface area contributed by atoms with Crippen molar-refractivity contribution in [1.82, 2.24) is 14.7 Å². The number of halogens is 2. The van der Waals surface area contributed by atoms with Gasteiger partial charge in [-0.05, 0) is 48.9 Å².